The summed E-state index contributed by atoms with van der Waals surface area (Å²) in [6, 6.07) is 15.3. The molecular weight excluding hydrogens is 267 g/mol. The SMILES string of the molecule is CC(C)C(Nc1cccc(F)c1)(C(N)=O)c1ccccc1. The van der Waals surface area contributed by atoms with Gasteiger partial charge in [0.1, 0.15) is 11.4 Å². The molecule has 4 heteroatoms. The van der Waals surface area contributed by atoms with Crippen LogP contribution in [0, 0.1) is 11.7 Å². The topological polar surface area (TPSA) is 55.1 Å². The lowest BCUT2D eigenvalue weighted by Crippen LogP contribution is -2.51. The van der Waals surface area contributed by atoms with Gasteiger partial charge >= 0.3 is 0 Å². The first kappa shape index (κ1) is 15.0. The lowest BCUT2D eigenvalue weighted by Gasteiger charge is -2.37. The van der Waals surface area contributed by atoms with E-state index >= 15 is 0 Å². The Balaban J connectivity index is 2.53. The van der Waals surface area contributed by atoms with Crippen molar-refractivity contribution in [2.45, 2.75) is 19.4 Å². The zero-order chi connectivity index (χ0) is 15.5. The average Bonchev–Trinajstić information content (AvgIpc) is 2.45. The molecule has 0 bridgehead atoms. The van der Waals surface area contributed by atoms with Gasteiger partial charge in [-0.25, -0.2) is 4.39 Å². The predicted molar refractivity (Wildman–Crippen MR) is 82.2 cm³/mol. The number of benzene rings is 2. The number of carbonyl (C=O) groups is 1. The molecule has 2 rings (SSSR count). The predicted octanol–water partition coefficient (Wildman–Crippen LogP) is 3.27. The molecular formula is C17H19FN2O. The van der Waals surface area contributed by atoms with Gasteiger partial charge in [-0.3, -0.25) is 4.79 Å². The number of hydrogen-bond acceptors (Lipinski definition) is 2. The molecule has 1 amide bonds. The Morgan fingerprint density at radius 3 is 2.33 bits per heavy atom. The quantitative estimate of drug-likeness (QED) is 0.886. The van der Waals surface area contributed by atoms with Crippen molar-refractivity contribution in [1.29, 1.82) is 0 Å². The monoisotopic (exact) mass is 286 g/mol. The van der Waals surface area contributed by atoms with Crippen LogP contribution in [0.4, 0.5) is 10.1 Å². The summed E-state index contributed by atoms with van der Waals surface area (Å²) in [7, 11) is 0. The van der Waals surface area contributed by atoms with Crippen molar-refractivity contribution in [1.82, 2.24) is 0 Å². The normalized spacial score (nSPS) is 13.7. The van der Waals surface area contributed by atoms with Crippen molar-refractivity contribution in [3.63, 3.8) is 0 Å². The molecule has 0 aliphatic rings. The molecule has 2 aromatic rings. The molecule has 110 valence electrons. The second-order valence-corrected chi connectivity index (χ2v) is 5.33. The van der Waals surface area contributed by atoms with Crippen LogP contribution in [0.25, 0.3) is 0 Å². The van der Waals surface area contributed by atoms with Gasteiger partial charge in [-0.15, -0.1) is 0 Å². The summed E-state index contributed by atoms with van der Waals surface area (Å²) in [5, 5.41) is 3.13. The second kappa shape index (κ2) is 5.95. The Morgan fingerprint density at radius 1 is 1.14 bits per heavy atom. The molecule has 1 atom stereocenters. The van der Waals surface area contributed by atoms with E-state index in [0.717, 1.165) is 5.56 Å². The molecule has 0 fully saturated rings. The molecule has 0 radical (unpaired) electrons. The maximum Gasteiger partial charge on any atom is 0.248 e. The summed E-state index contributed by atoms with van der Waals surface area (Å²) in [4.78, 5) is 12.2. The average molecular weight is 286 g/mol. The molecule has 0 aromatic heterocycles. The van der Waals surface area contributed by atoms with Gasteiger partial charge in [0.05, 0.1) is 0 Å². The number of carbonyl (C=O) groups excluding carboxylic acids is 1. The van der Waals surface area contributed by atoms with Crippen LogP contribution in [-0.2, 0) is 10.3 Å². The van der Waals surface area contributed by atoms with Crippen LogP contribution in [-0.4, -0.2) is 5.91 Å². The van der Waals surface area contributed by atoms with Crippen molar-refractivity contribution in [3.05, 3.63) is 66.0 Å². The minimum absolute atomic E-state index is 0.110. The third kappa shape index (κ3) is 2.89. The van der Waals surface area contributed by atoms with Crippen LogP contribution < -0.4 is 11.1 Å². The molecule has 0 heterocycles. The molecule has 3 N–H and O–H groups in total. The van der Waals surface area contributed by atoms with E-state index in [9.17, 15) is 9.18 Å². The van der Waals surface area contributed by atoms with Crippen LogP contribution in [0.1, 0.15) is 19.4 Å². The van der Waals surface area contributed by atoms with Crippen LogP contribution >= 0.6 is 0 Å². The van der Waals surface area contributed by atoms with E-state index in [0.29, 0.717) is 5.69 Å². The lowest BCUT2D eigenvalue weighted by atomic mass is 9.79. The summed E-state index contributed by atoms with van der Waals surface area (Å²) in [6.07, 6.45) is 0. The van der Waals surface area contributed by atoms with Crippen LogP contribution in [0.2, 0.25) is 0 Å². The van der Waals surface area contributed by atoms with E-state index < -0.39 is 11.4 Å². The fraction of sp³-hybridized carbons (Fsp3) is 0.235. The van der Waals surface area contributed by atoms with E-state index in [2.05, 4.69) is 5.32 Å². The number of amides is 1. The number of nitrogens with one attached hydrogen (secondary N) is 1. The van der Waals surface area contributed by atoms with Crippen LogP contribution in [0.5, 0.6) is 0 Å². The first-order valence-corrected chi connectivity index (χ1v) is 6.86. The minimum Gasteiger partial charge on any atom is -0.367 e. The van der Waals surface area contributed by atoms with E-state index in [-0.39, 0.29) is 11.7 Å². The minimum atomic E-state index is -1.09. The molecule has 1 unspecified atom stereocenters. The summed E-state index contributed by atoms with van der Waals surface area (Å²) in [5.74, 6) is -0.969. The number of primary amides is 1. The van der Waals surface area contributed by atoms with Gasteiger partial charge in [0.2, 0.25) is 5.91 Å². The van der Waals surface area contributed by atoms with Crippen molar-refractivity contribution >= 4 is 11.6 Å². The summed E-state index contributed by atoms with van der Waals surface area (Å²) < 4.78 is 13.4. The van der Waals surface area contributed by atoms with Gasteiger partial charge in [-0.05, 0) is 29.7 Å². The van der Waals surface area contributed by atoms with E-state index in [4.69, 9.17) is 5.73 Å². The summed E-state index contributed by atoms with van der Waals surface area (Å²) in [6.45, 7) is 3.81. The van der Waals surface area contributed by atoms with E-state index in [1.165, 1.54) is 12.1 Å². The molecule has 0 saturated heterocycles. The number of halogens is 1. The molecule has 0 saturated carbocycles. The number of nitrogens with two attached hydrogens (primary N) is 1. The van der Waals surface area contributed by atoms with Gasteiger partial charge in [0.25, 0.3) is 0 Å². The fourth-order valence-corrected chi connectivity index (χ4v) is 2.53. The summed E-state index contributed by atoms with van der Waals surface area (Å²) >= 11 is 0. The van der Waals surface area contributed by atoms with Gasteiger partial charge < -0.3 is 11.1 Å². The molecule has 0 spiro atoms. The Labute approximate surface area is 124 Å². The first-order chi connectivity index (χ1) is 9.96. The number of rotatable bonds is 5. The smallest absolute Gasteiger partial charge is 0.248 e. The second-order valence-electron chi connectivity index (χ2n) is 5.33. The van der Waals surface area contributed by atoms with E-state index in [1.807, 2.05) is 44.2 Å². The van der Waals surface area contributed by atoms with Gasteiger partial charge in [0, 0.05) is 5.69 Å². The van der Waals surface area contributed by atoms with Gasteiger partial charge in [-0.2, -0.15) is 0 Å². The van der Waals surface area contributed by atoms with Crippen LogP contribution in [0.3, 0.4) is 0 Å². The Bertz CT molecular complexity index is 628. The highest BCUT2D eigenvalue weighted by molar-refractivity contribution is 5.89. The number of anilines is 1. The molecule has 2 aromatic carbocycles. The Hall–Kier alpha value is -2.36. The van der Waals surface area contributed by atoms with Crippen LogP contribution in [0.15, 0.2) is 54.6 Å². The highest BCUT2D eigenvalue weighted by Gasteiger charge is 2.41. The van der Waals surface area contributed by atoms with E-state index in [1.54, 1.807) is 12.1 Å². The fourth-order valence-electron chi connectivity index (χ4n) is 2.53. The third-order valence-electron chi connectivity index (χ3n) is 3.65. The highest BCUT2D eigenvalue weighted by Crippen LogP contribution is 2.33. The van der Waals surface area contributed by atoms with Crippen molar-refractivity contribution in [2.24, 2.45) is 11.7 Å². The van der Waals surface area contributed by atoms with Crippen molar-refractivity contribution in [3.8, 4) is 0 Å². The zero-order valence-corrected chi connectivity index (χ0v) is 12.1. The Morgan fingerprint density at radius 2 is 1.81 bits per heavy atom. The van der Waals surface area contributed by atoms with Gasteiger partial charge in [0.15, 0.2) is 0 Å². The van der Waals surface area contributed by atoms with Crippen molar-refractivity contribution in [2.75, 3.05) is 5.32 Å². The standard InChI is InChI=1S/C17H19FN2O/c1-12(2)17(16(19)21,13-7-4-3-5-8-13)20-15-10-6-9-14(18)11-15/h3-12,20H,1-2H3,(H2,19,21). The lowest BCUT2D eigenvalue weighted by molar-refractivity contribution is -0.124. The molecule has 0 aliphatic heterocycles. The Kier molecular flexibility index (Phi) is 4.26. The first-order valence-electron chi connectivity index (χ1n) is 6.86. The maximum atomic E-state index is 13.4. The maximum absolute atomic E-state index is 13.4. The largest absolute Gasteiger partial charge is 0.367 e. The molecule has 0 aliphatic carbocycles. The summed E-state index contributed by atoms with van der Waals surface area (Å²) in [5.41, 5.74) is 5.89. The van der Waals surface area contributed by atoms with Crippen molar-refractivity contribution < 1.29 is 9.18 Å². The van der Waals surface area contributed by atoms with Gasteiger partial charge in [-0.1, -0.05) is 50.2 Å². The highest BCUT2D eigenvalue weighted by atomic mass is 19.1. The zero-order valence-electron chi connectivity index (χ0n) is 12.1. The third-order valence-corrected chi connectivity index (χ3v) is 3.65. The molecule has 3 nitrogen and oxygen atoms in total. The number of hydrogen-bond donors (Lipinski definition) is 2. The molecule has 21 heavy (non-hydrogen) atoms.